The number of halogens is 1. The van der Waals surface area contributed by atoms with E-state index in [1.165, 1.54) is 12.1 Å². The average Bonchev–Trinajstić information content (AvgIpc) is 3.61. The molecule has 0 saturated heterocycles. The van der Waals surface area contributed by atoms with E-state index in [9.17, 15) is 44.0 Å². The van der Waals surface area contributed by atoms with Gasteiger partial charge in [-0.3, -0.25) is 18.7 Å². The van der Waals surface area contributed by atoms with Crippen LogP contribution in [0.1, 0.15) is 11.4 Å². The SMILES string of the molecule is CN(c1ccccc1)c1nc(Cl)nc(CC2(c3ccc4c(O)c(N=Nc5ccc6c(S(=O)(=O)O)cccc6c5S(=O)(=O)O)c(S(=O)(=O)O)cc4c3)C=CC=N2)n1. The van der Waals surface area contributed by atoms with Crippen molar-refractivity contribution >= 4 is 92.7 Å². The topological polar surface area (TPSA) is 262 Å². The van der Waals surface area contributed by atoms with Crippen LogP contribution in [0.4, 0.5) is 23.0 Å². The number of anilines is 2. The molecule has 0 fully saturated rings. The molecule has 0 amide bonds. The van der Waals surface area contributed by atoms with Gasteiger partial charge in [0.1, 0.15) is 37.4 Å². The Labute approximate surface area is 323 Å². The van der Waals surface area contributed by atoms with Crippen LogP contribution in [-0.2, 0) is 42.3 Å². The molecule has 1 aliphatic rings. The second-order valence-corrected chi connectivity index (χ2v) is 16.8. The fourth-order valence-electron chi connectivity index (χ4n) is 6.30. The summed E-state index contributed by atoms with van der Waals surface area (Å²) in [5.41, 5.74) is -1.23. The van der Waals surface area contributed by atoms with E-state index in [1.807, 2.05) is 30.3 Å². The van der Waals surface area contributed by atoms with E-state index in [4.69, 9.17) is 11.6 Å². The van der Waals surface area contributed by atoms with Crippen molar-refractivity contribution in [2.75, 3.05) is 11.9 Å². The number of fused-ring (bicyclic) bond motifs is 2. The molecule has 6 aromatic rings. The van der Waals surface area contributed by atoms with Gasteiger partial charge < -0.3 is 10.0 Å². The number of rotatable bonds is 10. The van der Waals surface area contributed by atoms with Gasteiger partial charge in [-0.25, -0.2) is 4.98 Å². The average molecular weight is 836 g/mol. The lowest BCUT2D eigenvalue weighted by atomic mass is 9.86. The number of para-hydroxylation sites is 1. The first kappa shape index (κ1) is 38.5. The van der Waals surface area contributed by atoms with Gasteiger partial charge in [0, 0.05) is 41.5 Å². The molecule has 5 aromatic carbocycles. The van der Waals surface area contributed by atoms with Crippen LogP contribution in [-0.4, -0.2) is 72.2 Å². The molecule has 1 unspecified atom stereocenters. The summed E-state index contributed by atoms with van der Waals surface area (Å²) in [6, 6.07) is 20.2. The monoisotopic (exact) mass is 835 g/mol. The van der Waals surface area contributed by atoms with Gasteiger partial charge in [-0.05, 0) is 65.0 Å². The Hall–Kier alpha value is -5.74. The molecule has 0 spiro atoms. The Balaban J connectivity index is 1.32. The van der Waals surface area contributed by atoms with Crippen LogP contribution in [0.3, 0.4) is 0 Å². The number of allylic oxidation sites excluding steroid dienone is 1. The summed E-state index contributed by atoms with van der Waals surface area (Å²) in [5, 5.41) is 18.4. The normalized spacial score (nSPS) is 16.0. The highest BCUT2D eigenvalue weighted by Crippen LogP contribution is 2.45. The van der Waals surface area contributed by atoms with Crippen LogP contribution < -0.4 is 4.90 Å². The molecule has 0 radical (unpaired) electrons. The molecule has 1 aromatic heterocycles. The van der Waals surface area contributed by atoms with Crippen LogP contribution in [0.5, 0.6) is 5.75 Å². The third-order valence-corrected chi connectivity index (χ3v) is 11.7. The summed E-state index contributed by atoms with van der Waals surface area (Å²) in [7, 11) is -13.4. The fraction of sp³-hybridized carbons (Fsp3) is 0.0857. The van der Waals surface area contributed by atoms with Crippen molar-refractivity contribution in [3.05, 3.63) is 114 Å². The number of nitrogens with zero attached hydrogens (tertiary/aromatic N) is 7. The maximum atomic E-state index is 12.7. The standard InChI is InChI=1S/C35H26ClN7O10S3/c1-43(22-7-3-2-4-8-22)34-39-29(38-33(36)40-34)19-35(15-6-16-37-35)21-11-12-23-20(17-21)18-28(55(48,49)50)30(31(23)44)42-41-26-14-13-24-25(32(26)56(51,52)53)9-5-10-27(24)54(45,46)47/h2-18,44H,19H2,1H3,(H,45,46,47)(H,48,49,50)(H,51,52,53). The summed E-state index contributed by atoms with van der Waals surface area (Å²) in [6.07, 6.45) is 5.10. The predicted molar refractivity (Wildman–Crippen MR) is 206 cm³/mol. The van der Waals surface area contributed by atoms with Gasteiger partial charge in [0.05, 0.1) is 0 Å². The highest BCUT2D eigenvalue weighted by atomic mass is 35.5. The zero-order chi connectivity index (χ0) is 40.2. The number of aromatic hydroxyl groups is 1. The number of aromatic nitrogens is 3. The second-order valence-electron chi connectivity index (χ2n) is 12.4. The highest BCUT2D eigenvalue weighted by molar-refractivity contribution is 7.86. The van der Waals surface area contributed by atoms with Gasteiger partial charge in [-0.1, -0.05) is 54.6 Å². The number of aliphatic imine (C=N–C) groups is 1. The van der Waals surface area contributed by atoms with Crippen molar-refractivity contribution in [2.45, 2.75) is 26.6 Å². The fourth-order valence-corrected chi connectivity index (χ4v) is 8.66. The van der Waals surface area contributed by atoms with Crippen molar-refractivity contribution in [2.24, 2.45) is 15.2 Å². The number of hydrogen-bond donors (Lipinski definition) is 4. The van der Waals surface area contributed by atoms with E-state index in [1.54, 1.807) is 36.4 Å². The molecule has 0 bridgehead atoms. The number of phenols is 1. The Morgan fingerprint density at radius 3 is 2.12 bits per heavy atom. The zero-order valence-corrected chi connectivity index (χ0v) is 31.7. The summed E-state index contributed by atoms with van der Waals surface area (Å²) >= 11 is 6.33. The predicted octanol–water partition coefficient (Wildman–Crippen LogP) is 6.54. The van der Waals surface area contributed by atoms with E-state index >= 15 is 0 Å². The molecular formula is C35H26ClN7O10S3. The van der Waals surface area contributed by atoms with Gasteiger partial charge in [0.15, 0.2) is 5.75 Å². The van der Waals surface area contributed by atoms with Crippen LogP contribution in [0.15, 0.2) is 127 Å². The van der Waals surface area contributed by atoms with Gasteiger partial charge in [-0.15, -0.1) is 10.2 Å². The summed E-state index contributed by atoms with van der Waals surface area (Å²) in [4.78, 5) is 17.1. The number of phenolic OH excluding ortho intramolecular Hbond substituents is 1. The molecular weight excluding hydrogens is 810 g/mol. The number of benzene rings is 5. The van der Waals surface area contributed by atoms with Crippen LogP contribution in [0, 0.1) is 0 Å². The third-order valence-electron chi connectivity index (χ3n) is 8.85. The minimum Gasteiger partial charge on any atom is -0.505 e. The lowest BCUT2D eigenvalue weighted by molar-refractivity contribution is 0.472. The van der Waals surface area contributed by atoms with Gasteiger partial charge in [0.25, 0.3) is 30.4 Å². The van der Waals surface area contributed by atoms with Crippen molar-refractivity contribution in [3.63, 3.8) is 0 Å². The number of hydrogen-bond acceptors (Lipinski definition) is 14. The smallest absolute Gasteiger partial charge is 0.297 e. The highest BCUT2D eigenvalue weighted by Gasteiger charge is 2.34. The lowest BCUT2D eigenvalue weighted by Gasteiger charge is -2.25. The third kappa shape index (κ3) is 7.33. The van der Waals surface area contributed by atoms with E-state index in [2.05, 4.69) is 30.2 Å². The molecule has 7 rings (SSSR count). The molecule has 17 nitrogen and oxygen atoms in total. The van der Waals surface area contributed by atoms with E-state index in [-0.39, 0.29) is 45.0 Å². The first-order valence-corrected chi connectivity index (χ1v) is 20.7. The molecule has 2 heterocycles. The van der Waals surface area contributed by atoms with Crippen molar-refractivity contribution in [3.8, 4) is 5.75 Å². The lowest BCUT2D eigenvalue weighted by Crippen LogP contribution is -2.25. The first-order chi connectivity index (χ1) is 26.4. The van der Waals surface area contributed by atoms with Gasteiger partial charge in [0.2, 0.25) is 11.2 Å². The Morgan fingerprint density at radius 2 is 1.46 bits per heavy atom. The molecule has 1 aliphatic heterocycles. The molecule has 1 atom stereocenters. The summed E-state index contributed by atoms with van der Waals surface area (Å²) in [5.74, 6) is -0.230. The minimum atomic E-state index is -5.17. The van der Waals surface area contributed by atoms with E-state index < -0.39 is 67.7 Å². The second kappa shape index (κ2) is 14.1. The maximum absolute atomic E-state index is 12.7. The summed E-state index contributed by atoms with van der Waals surface area (Å²) in [6.45, 7) is 0. The molecule has 56 heavy (non-hydrogen) atoms. The van der Waals surface area contributed by atoms with Gasteiger partial charge >= 0.3 is 0 Å². The Bertz CT molecular complexity index is 3030. The molecule has 21 heteroatoms. The van der Waals surface area contributed by atoms with Crippen LogP contribution in [0.2, 0.25) is 5.28 Å². The first-order valence-electron chi connectivity index (χ1n) is 16.0. The molecule has 4 N–H and O–H groups in total. The quantitative estimate of drug-likeness (QED) is 0.0844. The van der Waals surface area contributed by atoms with Crippen molar-refractivity contribution < 1.29 is 44.0 Å². The zero-order valence-electron chi connectivity index (χ0n) is 28.5. The molecule has 286 valence electrons. The maximum Gasteiger partial charge on any atom is 0.297 e. The Kier molecular flexibility index (Phi) is 9.69. The minimum absolute atomic E-state index is 0.0393. The van der Waals surface area contributed by atoms with Gasteiger partial charge in [-0.2, -0.15) is 35.2 Å². The largest absolute Gasteiger partial charge is 0.505 e. The molecule has 0 saturated carbocycles. The Morgan fingerprint density at radius 1 is 0.750 bits per heavy atom. The van der Waals surface area contributed by atoms with Crippen molar-refractivity contribution in [1.82, 2.24) is 15.0 Å². The summed E-state index contributed by atoms with van der Waals surface area (Å²) < 4.78 is 104. The van der Waals surface area contributed by atoms with Crippen LogP contribution in [0.25, 0.3) is 21.5 Å². The van der Waals surface area contributed by atoms with E-state index in [0.29, 0.717) is 5.56 Å². The van der Waals surface area contributed by atoms with E-state index in [0.717, 1.165) is 42.1 Å². The number of azo groups is 1. The molecule has 0 aliphatic carbocycles. The van der Waals surface area contributed by atoms with Crippen molar-refractivity contribution in [1.29, 1.82) is 0 Å². The van der Waals surface area contributed by atoms with Crippen LogP contribution >= 0.6 is 11.6 Å².